The lowest BCUT2D eigenvalue weighted by Gasteiger charge is -2.06. The minimum Gasteiger partial charge on any atom is -0.476 e. The monoisotopic (exact) mass is 306 g/mol. The Labute approximate surface area is 122 Å². The minimum absolute atomic E-state index is 0.159. The number of hydrogen-bond donors (Lipinski definition) is 1. The van der Waals surface area contributed by atoms with Crippen molar-refractivity contribution in [2.24, 2.45) is 0 Å². The van der Waals surface area contributed by atoms with Crippen LogP contribution in [-0.4, -0.2) is 31.1 Å². The zero-order valence-electron chi connectivity index (χ0n) is 9.89. The standard InChI is InChI=1S/C12H7ClN4O2S/c13-8-4-2-1-3-7(8)10-9(11(18)19)15-16-17(10)12-14-5-6-20-12/h1-6H,(H,18,19). The third-order valence-electron chi connectivity index (χ3n) is 2.60. The Bertz CT molecular complexity index is 770. The maximum absolute atomic E-state index is 11.3. The number of halogens is 1. The number of benzene rings is 1. The van der Waals surface area contributed by atoms with E-state index < -0.39 is 5.97 Å². The summed E-state index contributed by atoms with van der Waals surface area (Å²) in [5.74, 6) is -1.16. The lowest BCUT2D eigenvalue weighted by Crippen LogP contribution is -2.03. The van der Waals surface area contributed by atoms with Crippen molar-refractivity contribution in [1.82, 2.24) is 20.0 Å². The molecular formula is C12H7ClN4O2S. The van der Waals surface area contributed by atoms with Crippen LogP contribution in [0.15, 0.2) is 35.8 Å². The second-order valence-corrected chi connectivity index (χ2v) is 5.08. The van der Waals surface area contributed by atoms with Gasteiger partial charge in [-0.15, -0.1) is 16.4 Å². The molecule has 6 nitrogen and oxygen atoms in total. The van der Waals surface area contributed by atoms with Gasteiger partial charge in [-0.05, 0) is 6.07 Å². The number of carboxylic acids is 1. The summed E-state index contributed by atoms with van der Waals surface area (Å²) < 4.78 is 1.38. The zero-order chi connectivity index (χ0) is 14.1. The van der Waals surface area contributed by atoms with Gasteiger partial charge < -0.3 is 5.11 Å². The number of carboxylic acid groups (broad SMARTS) is 1. The minimum atomic E-state index is -1.16. The molecule has 1 aromatic carbocycles. The third kappa shape index (κ3) is 2.06. The van der Waals surface area contributed by atoms with Gasteiger partial charge in [-0.25, -0.2) is 9.78 Å². The first-order valence-corrected chi connectivity index (χ1v) is 6.78. The van der Waals surface area contributed by atoms with E-state index in [9.17, 15) is 9.90 Å². The quantitative estimate of drug-likeness (QED) is 0.804. The number of thiazole rings is 1. The van der Waals surface area contributed by atoms with Crippen LogP contribution in [0.5, 0.6) is 0 Å². The molecule has 3 aromatic rings. The van der Waals surface area contributed by atoms with E-state index in [0.717, 1.165) is 0 Å². The van der Waals surface area contributed by atoms with Gasteiger partial charge in [0.1, 0.15) is 5.69 Å². The normalized spacial score (nSPS) is 10.7. The largest absolute Gasteiger partial charge is 0.476 e. The molecule has 20 heavy (non-hydrogen) atoms. The summed E-state index contributed by atoms with van der Waals surface area (Å²) in [5, 5.41) is 19.6. The van der Waals surface area contributed by atoms with Crippen LogP contribution in [0.25, 0.3) is 16.4 Å². The Morgan fingerprint density at radius 1 is 1.35 bits per heavy atom. The molecule has 0 bridgehead atoms. The molecule has 3 rings (SSSR count). The molecule has 0 fully saturated rings. The Balaban J connectivity index is 2.30. The fourth-order valence-electron chi connectivity index (χ4n) is 1.78. The van der Waals surface area contributed by atoms with Gasteiger partial charge in [0.05, 0.1) is 5.02 Å². The highest BCUT2D eigenvalue weighted by atomic mass is 35.5. The van der Waals surface area contributed by atoms with Gasteiger partial charge in [0, 0.05) is 17.1 Å². The molecule has 0 aliphatic heterocycles. The average molecular weight is 307 g/mol. The first kappa shape index (κ1) is 12.8. The molecule has 100 valence electrons. The first-order chi connectivity index (χ1) is 9.68. The van der Waals surface area contributed by atoms with Crippen molar-refractivity contribution in [2.45, 2.75) is 0 Å². The molecule has 0 aliphatic carbocycles. The second kappa shape index (κ2) is 5.03. The van der Waals surface area contributed by atoms with E-state index >= 15 is 0 Å². The van der Waals surface area contributed by atoms with E-state index in [4.69, 9.17) is 11.6 Å². The van der Waals surface area contributed by atoms with Gasteiger partial charge >= 0.3 is 5.97 Å². The summed E-state index contributed by atoms with van der Waals surface area (Å²) in [7, 11) is 0. The van der Waals surface area contributed by atoms with Crippen LogP contribution in [0.4, 0.5) is 0 Å². The molecule has 2 heterocycles. The molecule has 0 spiro atoms. The van der Waals surface area contributed by atoms with Gasteiger partial charge in [0.2, 0.25) is 5.13 Å². The highest BCUT2D eigenvalue weighted by Gasteiger charge is 2.23. The van der Waals surface area contributed by atoms with Crippen LogP contribution in [0, 0.1) is 0 Å². The lowest BCUT2D eigenvalue weighted by atomic mass is 10.1. The number of nitrogens with zero attached hydrogens (tertiary/aromatic N) is 4. The van der Waals surface area contributed by atoms with Crippen molar-refractivity contribution in [3.8, 4) is 16.4 Å². The fourth-order valence-corrected chi connectivity index (χ4v) is 2.59. The van der Waals surface area contributed by atoms with Crippen LogP contribution in [-0.2, 0) is 0 Å². The second-order valence-electron chi connectivity index (χ2n) is 3.80. The topological polar surface area (TPSA) is 80.9 Å². The fraction of sp³-hybridized carbons (Fsp3) is 0. The molecule has 0 saturated carbocycles. The third-order valence-corrected chi connectivity index (χ3v) is 3.68. The van der Waals surface area contributed by atoms with Crippen molar-refractivity contribution in [1.29, 1.82) is 0 Å². The number of hydrogen-bond acceptors (Lipinski definition) is 5. The summed E-state index contributed by atoms with van der Waals surface area (Å²) >= 11 is 7.48. The Kier molecular flexibility index (Phi) is 3.21. The van der Waals surface area contributed by atoms with Gasteiger partial charge in [0.25, 0.3) is 0 Å². The molecule has 0 saturated heterocycles. The molecular weight excluding hydrogens is 300 g/mol. The summed E-state index contributed by atoms with van der Waals surface area (Å²) in [5.41, 5.74) is 0.707. The molecule has 2 aromatic heterocycles. The molecule has 0 amide bonds. The SMILES string of the molecule is O=C(O)c1nnn(-c2nccs2)c1-c1ccccc1Cl. The van der Waals surface area contributed by atoms with Crippen molar-refractivity contribution >= 4 is 28.9 Å². The smallest absolute Gasteiger partial charge is 0.358 e. The molecule has 0 atom stereocenters. The van der Waals surface area contributed by atoms with Crippen molar-refractivity contribution in [3.05, 3.63) is 46.6 Å². The van der Waals surface area contributed by atoms with E-state index in [2.05, 4.69) is 15.3 Å². The summed E-state index contributed by atoms with van der Waals surface area (Å²) in [6, 6.07) is 6.94. The molecule has 0 unspecified atom stereocenters. The summed E-state index contributed by atoms with van der Waals surface area (Å²) in [4.78, 5) is 15.4. The predicted octanol–water partition coefficient (Wildman–Crippen LogP) is 2.74. The van der Waals surface area contributed by atoms with Crippen LogP contribution < -0.4 is 0 Å². The number of aromatic carboxylic acids is 1. The van der Waals surface area contributed by atoms with E-state index in [1.807, 2.05) is 0 Å². The Hall–Kier alpha value is -2.25. The highest BCUT2D eigenvalue weighted by molar-refractivity contribution is 7.12. The molecule has 8 heteroatoms. The zero-order valence-corrected chi connectivity index (χ0v) is 11.5. The van der Waals surface area contributed by atoms with Crippen LogP contribution in [0.1, 0.15) is 10.5 Å². The Morgan fingerprint density at radius 2 is 2.15 bits per heavy atom. The van der Waals surface area contributed by atoms with Crippen molar-refractivity contribution in [2.75, 3.05) is 0 Å². The maximum Gasteiger partial charge on any atom is 0.358 e. The van der Waals surface area contributed by atoms with E-state index in [1.165, 1.54) is 16.0 Å². The van der Waals surface area contributed by atoms with Gasteiger partial charge in [-0.3, -0.25) is 0 Å². The van der Waals surface area contributed by atoms with E-state index in [0.29, 0.717) is 21.4 Å². The molecule has 0 aliphatic rings. The van der Waals surface area contributed by atoms with Crippen LogP contribution >= 0.6 is 22.9 Å². The van der Waals surface area contributed by atoms with Crippen molar-refractivity contribution in [3.63, 3.8) is 0 Å². The van der Waals surface area contributed by atoms with Gasteiger partial charge in [-0.1, -0.05) is 35.0 Å². The van der Waals surface area contributed by atoms with Crippen LogP contribution in [0.3, 0.4) is 0 Å². The van der Waals surface area contributed by atoms with Gasteiger partial charge in [0.15, 0.2) is 5.69 Å². The number of carbonyl (C=O) groups is 1. The van der Waals surface area contributed by atoms with Gasteiger partial charge in [-0.2, -0.15) is 4.68 Å². The molecule has 0 radical (unpaired) electrons. The number of aromatic nitrogens is 4. The van der Waals surface area contributed by atoms with Crippen molar-refractivity contribution < 1.29 is 9.90 Å². The molecule has 1 N–H and O–H groups in total. The highest BCUT2D eigenvalue weighted by Crippen LogP contribution is 2.31. The average Bonchev–Trinajstić information content (AvgIpc) is 3.07. The first-order valence-electron chi connectivity index (χ1n) is 5.52. The Morgan fingerprint density at radius 3 is 2.80 bits per heavy atom. The summed E-state index contributed by atoms with van der Waals surface area (Å²) in [6.45, 7) is 0. The predicted molar refractivity (Wildman–Crippen MR) is 74.4 cm³/mol. The lowest BCUT2D eigenvalue weighted by molar-refractivity contribution is 0.0691. The maximum atomic E-state index is 11.3. The van der Waals surface area contributed by atoms with Crippen LogP contribution in [0.2, 0.25) is 5.02 Å². The number of rotatable bonds is 3. The van der Waals surface area contributed by atoms with E-state index in [1.54, 1.807) is 35.8 Å². The summed E-state index contributed by atoms with van der Waals surface area (Å²) in [6.07, 6.45) is 1.61. The van der Waals surface area contributed by atoms with E-state index in [-0.39, 0.29) is 5.69 Å².